The molecule has 0 saturated heterocycles. The van der Waals surface area contributed by atoms with Crippen LogP contribution in [-0.4, -0.2) is 18.1 Å². The molecule has 0 radical (unpaired) electrons. The summed E-state index contributed by atoms with van der Waals surface area (Å²) in [5.74, 6) is 0.762. The van der Waals surface area contributed by atoms with Gasteiger partial charge in [-0.25, -0.2) is 0 Å². The van der Waals surface area contributed by atoms with Crippen molar-refractivity contribution < 1.29 is 4.74 Å². The fourth-order valence-electron chi connectivity index (χ4n) is 2.16. The average Bonchev–Trinajstić information content (AvgIpc) is 2.48. The van der Waals surface area contributed by atoms with Gasteiger partial charge < -0.3 is 10.1 Å². The zero-order valence-corrected chi connectivity index (χ0v) is 13.6. The van der Waals surface area contributed by atoms with Crippen LogP contribution in [0.25, 0.3) is 0 Å². The van der Waals surface area contributed by atoms with E-state index >= 15 is 0 Å². The van der Waals surface area contributed by atoms with Gasteiger partial charge in [0.15, 0.2) is 0 Å². The van der Waals surface area contributed by atoms with Crippen molar-refractivity contribution in [2.45, 2.75) is 19.9 Å². The molecular weight excluding hydrogens is 307 g/mol. The smallest absolute Gasteiger partial charge is 0.137 e. The van der Waals surface area contributed by atoms with Gasteiger partial charge in [0.05, 0.1) is 28.9 Å². The first-order valence-corrected chi connectivity index (χ1v) is 7.67. The quantitative estimate of drug-likeness (QED) is 0.850. The number of pyridine rings is 1. The second-order valence-corrected chi connectivity index (χ2v) is 5.37. The van der Waals surface area contributed by atoms with E-state index in [-0.39, 0.29) is 6.04 Å². The van der Waals surface area contributed by atoms with Crippen molar-refractivity contribution >= 4 is 23.2 Å². The number of aromatic nitrogens is 1. The molecule has 5 heteroatoms. The van der Waals surface area contributed by atoms with Crippen LogP contribution in [0.4, 0.5) is 0 Å². The van der Waals surface area contributed by atoms with E-state index < -0.39 is 0 Å². The summed E-state index contributed by atoms with van der Waals surface area (Å²) in [6.07, 6.45) is 3.54. The molecule has 1 unspecified atom stereocenters. The molecule has 1 heterocycles. The minimum atomic E-state index is -0.00215. The van der Waals surface area contributed by atoms with Gasteiger partial charge in [-0.1, -0.05) is 36.2 Å². The van der Waals surface area contributed by atoms with E-state index in [0.717, 1.165) is 23.4 Å². The van der Waals surface area contributed by atoms with Crippen LogP contribution < -0.4 is 10.1 Å². The normalized spacial score (nSPS) is 12.2. The van der Waals surface area contributed by atoms with Crippen LogP contribution in [0.5, 0.6) is 5.75 Å². The SMILES string of the molecule is CCNC(c1cncc(OCC)c1)c1ccc(Cl)c(Cl)c1. The molecule has 0 fully saturated rings. The van der Waals surface area contributed by atoms with Crippen LogP contribution in [0.1, 0.15) is 31.0 Å². The lowest BCUT2D eigenvalue weighted by atomic mass is 10.00. The number of benzene rings is 1. The number of hydrogen-bond donors (Lipinski definition) is 1. The van der Waals surface area contributed by atoms with E-state index in [0.29, 0.717) is 16.7 Å². The Morgan fingerprint density at radius 3 is 2.57 bits per heavy atom. The Balaban J connectivity index is 2.37. The molecule has 2 rings (SSSR count). The monoisotopic (exact) mass is 324 g/mol. The summed E-state index contributed by atoms with van der Waals surface area (Å²) in [6.45, 7) is 5.45. The van der Waals surface area contributed by atoms with Crippen molar-refractivity contribution in [1.29, 1.82) is 0 Å². The number of nitrogens with zero attached hydrogens (tertiary/aromatic N) is 1. The van der Waals surface area contributed by atoms with Gasteiger partial charge in [0.2, 0.25) is 0 Å². The summed E-state index contributed by atoms with van der Waals surface area (Å²) >= 11 is 12.1. The van der Waals surface area contributed by atoms with Crippen molar-refractivity contribution in [3.63, 3.8) is 0 Å². The third kappa shape index (κ3) is 4.10. The standard InChI is InChI=1S/C16H18Cl2N2O/c1-3-20-16(11-5-6-14(17)15(18)8-11)12-7-13(21-4-2)10-19-9-12/h5-10,16,20H,3-4H2,1-2H3. The molecule has 0 aliphatic carbocycles. The molecule has 0 bridgehead atoms. The third-order valence-electron chi connectivity index (χ3n) is 3.06. The Labute approximate surface area is 135 Å². The Morgan fingerprint density at radius 2 is 1.90 bits per heavy atom. The highest BCUT2D eigenvalue weighted by molar-refractivity contribution is 6.42. The fraction of sp³-hybridized carbons (Fsp3) is 0.312. The highest BCUT2D eigenvalue weighted by Gasteiger charge is 2.15. The first-order chi connectivity index (χ1) is 10.2. The lowest BCUT2D eigenvalue weighted by molar-refractivity contribution is 0.338. The largest absolute Gasteiger partial charge is 0.492 e. The van der Waals surface area contributed by atoms with Gasteiger partial charge in [0, 0.05) is 6.20 Å². The van der Waals surface area contributed by atoms with Gasteiger partial charge in [-0.15, -0.1) is 0 Å². The van der Waals surface area contributed by atoms with E-state index in [4.69, 9.17) is 27.9 Å². The number of ether oxygens (including phenoxy) is 1. The molecule has 0 aliphatic heterocycles. The zero-order valence-electron chi connectivity index (χ0n) is 12.1. The predicted octanol–water partition coefficient (Wildman–Crippen LogP) is 4.49. The highest BCUT2D eigenvalue weighted by atomic mass is 35.5. The topological polar surface area (TPSA) is 34.2 Å². The van der Waals surface area contributed by atoms with Crippen LogP contribution in [0, 0.1) is 0 Å². The number of halogens is 2. The second-order valence-electron chi connectivity index (χ2n) is 4.55. The van der Waals surface area contributed by atoms with Crippen LogP contribution >= 0.6 is 23.2 Å². The molecule has 2 aromatic rings. The summed E-state index contributed by atoms with van der Waals surface area (Å²) in [4.78, 5) is 4.25. The lowest BCUT2D eigenvalue weighted by Gasteiger charge is -2.19. The molecular formula is C16H18Cl2N2O. The molecule has 3 nitrogen and oxygen atoms in total. The lowest BCUT2D eigenvalue weighted by Crippen LogP contribution is -2.22. The minimum absolute atomic E-state index is 0.00215. The summed E-state index contributed by atoms with van der Waals surface area (Å²) < 4.78 is 5.52. The van der Waals surface area contributed by atoms with E-state index in [2.05, 4.69) is 17.2 Å². The summed E-state index contributed by atoms with van der Waals surface area (Å²) in [6, 6.07) is 7.65. The Bertz CT molecular complexity index is 605. The second kappa shape index (κ2) is 7.64. The molecule has 0 spiro atoms. The van der Waals surface area contributed by atoms with Crippen LogP contribution in [0.2, 0.25) is 10.0 Å². The first kappa shape index (κ1) is 16.1. The molecule has 21 heavy (non-hydrogen) atoms. The van der Waals surface area contributed by atoms with Crippen molar-refractivity contribution in [2.24, 2.45) is 0 Å². The molecule has 1 aromatic carbocycles. The van der Waals surface area contributed by atoms with Gasteiger partial charge in [0.1, 0.15) is 5.75 Å². The molecule has 1 aromatic heterocycles. The minimum Gasteiger partial charge on any atom is -0.492 e. The van der Waals surface area contributed by atoms with E-state index in [1.807, 2.05) is 37.4 Å². The number of hydrogen-bond acceptors (Lipinski definition) is 3. The predicted molar refractivity (Wildman–Crippen MR) is 87.4 cm³/mol. The van der Waals surface area contributed by atoms with Crippen LogP contribution in [0.15, 0.2) is 36.7 Å². The van der Waals surface area contributed by atoms with E-state index in [1.54, 1.807) is 6.20 Å². The van der Waals surface area contributed by atoms with Gasteiger partial charge in [-0.3, -0.25) is 4.98 Å². The maximum Gasteiger partial charge on any atom is 0.137 e. The third-order valence-corrected chi connectivity index (χ3v) is 3.80. The van der Waals surface area contributed by atoms with Crippen molar-refractivity contribution in [3.05, 3.63) is 57.8 Å². The number of rotatable bonds is 6. The Hall–Kier alpha value is -1.29. The van der Waals surface area contributed by atoms with Gasteiger partial charge in [0.25, 0.3) is 0 Å². The summed E-state index contributed by atoms with van der Waals surface area (Å²) in [7, 11) is 0. The molecule has 0 amide bonds. The Kier molecular flexibility index (Phi) is 5.85. The van der Waals surface area contributed by atoms with Crippen LogP contribution in [-0.2, 0) is 0 Å². The van der Waals surface area contributed by atoms with E-state index in [9.17, 15) is 0 Å². The number of nitrogens with one attached hydrogen (secondary N) is 1. The average molecular weight is 325 g/mol. The molecule has 0 saturated carbocycles. The molecule has 0 aliphatic rings. The van der Waals surface area contributed by atoms with Crippen molar-refractivity contribution in [2.75, 3.05) is 13.2 Å². The molecule has 1 N–H and O–H groups in total. The summed E-state index contributed by atoms with van der Waals surface area (Å²) in [5, 5.41) is 4.53. The first-order valence-electron chi connectivity index (χ1n) is 6.91. The highest BCUT2D eigenvalue weighted by Crippen LogP contribution is 2.29. The fourth-order valence-corrected chi connectivity index (χ4v) is 2.47. The summed E-state index contributed by atoms with van der Waals surface area (Å²) in [5.41, 5.74) is 2.07. The van der Waals surface area contributed by atoms with Gasteiger partial charge in [-0.05, 0) is 42.8 Å². The zero-order chi connectivity index (χ0) is 15.2. The molecule has 112 valence electrons. The van der Waals surface area contributed by atoms with Crippen molar-refractivity contribution in [1.82, 2.24) is 10.3 Å². The van der Waals surface area contributed by atoms with E-state index in [1.165, 1.54) is 0 Å². The van der Waals surface area contributed by atoms with Crippen LogP contribution in [0.3, 0.4) is 0 Å². The van der Waals surface area contributed by atoms with Crippen molar-refractivity contribution in [3.8, 4) is 5.75 Å². The van der Waals surface area contributed by atoms with Gasteiger partial charge >= 0.3 is 0 Å². The Morgan fingerprint density at radius 1 is 1.10 bits per heavy atom. The maximum atomic E-state index is 6.13. The maximum absolute atomic E-state index is 6.13. The van der Waals surface area contributed by atoms with Gasteiger partial charge in [-0.2, -0.15) is 0 Å². The molecule has 1 atom stereocenters.